The van der Waals surface area contributed by atoms with Gasteiger partial charge < -0.3 is 33.5 Å². The summed E-state index contributed by atoms with van der Waals surface area (Å²) < 4.78 is 33.5. The Morgan fingerprint density at radius 2 is 1.82 bits per heavy atom. The third-order valence-electron chi connectivity index (χ3n) is 6.43. The topological polar surface area (TPSA) is 113 Å². The number of methoxy groups -OCH3 is 3. The zero-order chi connectivity index (χ0) is 23.4. The highest BCUT2D eigenvalue weighted by molar-refractivity contribution is 5.99. The van der Waals surface area contributed by atoms with Crippen LogP contribution >= 0.6 is 0 Å². The van der Waals surface area contributed by atoms with E-state index < -0.39 is 24.1 Å². The first-order valence-electron chi connectivity index (χ1n) is 10.3. The van der Waals surface area contributed by atoms with Crippen LogP contribution in [0.1, 0.15) is 49.6 Å². The molecule has 0 aliphatic carbocycles. The number of carboxylic acids is 1. The van der Waals surface area contributed by atoms with Crippen molar-refractivity contribution in [2.75, 3.05) is 41.7 Å². The Hall–Kier alpha value is -3.66. The Bertz CT molecular complexity index is 1180. The van der Waals surface area contributed by atoms with Crippen molar-refractivity contribution in [1.29, 1.82) is 0 Å². The SMILES string of the molecule is COc1ccc2c(c1OC)C(=O)O[C@@H]2[C@H]1c2c(c(C(=O)O)c3c(c2OC)OCO3)CCN1C. The maximum atomic E-state index is 13.0. The molecule has 10 heteroatoms. The number of rotatable bonds is 5. The van der Waals surface area contributed by atoms with Gasteiger partial charge >= 0.3 is 11.9 Å². The van der Waals surface area contributed by atoms with Crippen LogP contribution in [0, 0.1) is 0 Å². The maximum Gasteiger partial charge on any atom is 0.343 e. The molecule has 33 heavy (non-hydrogen) atoms. The van der Waals surface area contributed by atoms with E-state index in [1.165, 1.54) is 21.3 Å². The summed E-state index contributed by atoms with van der Waals surface area (Å²) in [7, 11) is 6.34. The van der Waals surface area contributed by atoms with Gasteiger partial charge in [0.15, 0.2) is 23.0 Å². The number of carbonyl (C=O) groups is 2. The average Bonchev–Trinajstić information content (AvgIpc) is 3.41. The number of fused-ring (bicyclic) bond motifs is 3. The normalized spacial score (nSPS) is 20.7. The Labute approximate surface area is 189 Å². The van der Waals surface area contributed by atoms with Crippen molar-refractivity contribution in [3.05, 3.63) is 39.9 Å². The molecule has 0 unspecified atom stereocenters. The highest BCUT2D eigenvalue weighted by Gasteiger charge is 2.47. The lowest BCUT2D eigenvalue weighted by molar-refractivity contribution is 0.00857. The number of nitrogens with zero attached hydrogens (tertiary/aromatic N) is 1. The summed E-state index contributed by atoms with van der Waals surface area (Å²) in [4.78, 5) is 27.2. The van der Waals surface area contributed by atoms with Crippen molar-refractivity contribution < 1.29 is 43.1 Å². The smallest absolute Gasteiger partial charge is 0.343 e. The van der Waals surface area contributed by atoms with Crippen LogP contribution in [0.15, 0.2) is 12.1 Å². The fraction of sp³-hybridized carbons (Fsp3) is 0.391. The van der Waals surface area contributed by atoms with Crippen LogP contribution in [0.25, 0.3) is 0 Å². The Morgan fingerprint density at radius 3 is 2.48 bits per heavy atom. The van der Waals surface area contributed by atoms with Crippen LogP contribution in [0.3, 0.4) is 0 Å². The fourth-order valence-electron chi connectivity index (χ4n) is 5.06. The number of carboxylic acid groups (broad SMARTS) is 1. The zero-order valence-electron chi connectivity index (χ0n) is 18.6. The van der Waals surface area contributed by atoms with Crippen LogP contribution in [0.5, 0.6) is 28.7 Å². The van der Waals surface area contributed by atoms with E-state index in [4.69, 9.17) is 28.4 Å². The van der Waals surface area contributed by atoms with Gasteiger partial charge in [-0.15, -0.1) is 0 Å². The quantitative estimate of drug-likeness (QED) is 0.672. The molecule has 0 fully saturated rings. The van der Waals surface area contributed by atoms with Crippen LogP contribution in [0.2, 0.25) is 0 Å². The average molecular weight is 457 g/mol. The lowest BCUT2D eigenvalue weighted by atomic mass is 9.83. The summed E-state index contributed by atoms with van der Waals surface area (Å²) in [5.74, 6) is -0.157. The molecule has 0 aromatic heterocycles. The molecule has 0 radical (unpaired) electrons. The number of aromatic carboxylic acids is 1. The van der Waals surface area contributed by atoms with Gasteiger partial charge in [-0.2, -0.15) is 0 Å². The first-order valence-corrected chi connectivity index (χ1v) is 10.3. The molecule has 0 saturated carbocycles. The first-order chi connectivity index (χ1) is 15.9. The van der Waals surface area contributed by atoms with Crippen LogP contribution < -0.4 is 23.7 Å². The molecule has 3 aliphatic heterocycles. The Kier molecular flexibility index (Phi) is 4.97. The predicted molar refractivity (Wildman–Crippen MR) is 113 cm³/mol. The number of ether oxygens (including phenoxy) is 6. The fourth-order valence-corrected chi connectivity index (χ4v) is 5.06. The largest absolute Gasteiger partial charge is 0.493 e. The van der Waals surface area contributed by atoms with Crippen molar-refractivity contribution in [2.24, 2.45) is 0 Å². The number of benzene rings is 2. The number of carbonyl (C=O) groups excluding carboxylic acids is 1. The number of likely N-dealkylation sites (N-methyl/N-ethyl adjacent to an activating group) is 1. The number of hydrogen-bond donors (Lipinski definition) is 1. The van der Waals surface area contributed by atoms with E-state index in [-0.39, 0.29) is 23.9 Å². The molecule has 5 rings (SSSR count). The molecule has 0 spiro atoms. The van der Waals surface area contributed by atoms with Gasteiger partial charge in [0.1, 0.15) is 17.2 Å². The second-order valence-corrected chi connectivity index (χ2v) is 7.94. The highest BCUT2D eigenvalue weighted by atomic mass is 16.7. The van der Waals surface area contributed by atoms with Crippen LogP contribution in [0.4, 0.5) is 0 Å². The van der Waals surface area contributed by atoms with Crippen molar-refractivity contribution in [3.8, 4) is 28.7 Å². The van der Waals surface area contributed by atoms with Gasteiger partial charge in [0.2, 0.25) is 12.5 Å². The third-order valence-corrected chi connectivity index (χ3v) is 6.43. The molecule has 2 atom stereocenters. The van der Waals surface area contributed by atoms with Gasteiger partial charge in [0.05, 0.1) is 27.4 Å². The molecule has 1 N–H and O–H groups in total. The van der Waals surface area contributed by atoms with Gasteiger partial charge in [-0.05, 0) is 25.1 Å². The van der Waals surface area contributed by atoms with Crippen molar-refractivity contribution in [3.63, 3.8) is 0 Å². The second-order valence-electron chi connectivity index (χ2n) is 7.94. The summed E-state index contributed by atoms with van der Waals surface area (Å²) in [5, 5.41) is 10.0. The summed E-state index contributed by atoms with van der Waals surface area (Å²) in [6.45, 7) is 0.436. The monoisotopic (exact) mass is 457 g/mol. The lowest BCUT2D eigenvalue weighted by Crippen LogP contribution is -2.37. The molecule has 0 saturated heterocycles. The number of cyclic esters (lactones) is 1. The van der Waals surface area contributed by atoms with Crippen molar-refractivity contribution >= 4 is 11.9 Å². The van der Waals surface area contributed by atoms with E-state index in [2.05, 4.69) is 0 Å². The maximum absolute atomic E-state index is 13.0. The molecule has 174 valence electrons. The second kappa shape index (κ2) is 7.73. The van der Waals surface area contributed by atoms with E-state index in [1.54, 1.807) is 12.1 Å². The highest BCUT2D eigenvalue weighted by Crippen LogP contribution is 2.56. The number of esters is 1. The van der Waals surface area contributed by atoms with Crippen molar-refractivity contribution in [2.45, 2.75) is 18.6 Å². The van der Waals surface area contributed by atoms with Gasteiger partial charge in [-0.25, -0.2) is 9.59 Å². The predicted octanol–water partition coefficient (Wildman–Crippen LogP) is 2.58. The first kappa shape index (κ1) is 21.2. The third kappa shape index (κ3) is 2.90. The zero-order valence-corrected chi connectivity index (χ0v) is 18.6. The summed E-state index contributed by atoms with van der Waals surface area (Å²) in [6.07, 6.45) is -0.275. The lowest BCUT2D eigenvalue weighted by Gasteiger charge is -2.39. The molecule has 3 heterocycles. The van der Waals surface area contributed by atoms with Crippen LogP contribution in [-0.4, -0.2) is 63.7 Å². The van der Waals surface area contributed by atoms with Crippen LogP contribution in [-0.2, 0) is 11.2 Å². The summed E-state index contributed by atoms with van der Waals surface area (Å²) >= 11 is 0. The minimum absolute atomic E-state index is 0.0493. The van der Waals surface area contributed by atoms with Gasteiger partial charge in [0, 0.05) is 17.7 Å². The summed E-state index contributed by atoms with van der Waals surface area (Å²) in [6, 6.07) is 2.96. The van der Waals surface area contributed by atoms with E-state index in [0.29, 0.717) is 52.5 Å². The molecule has 3 aliphatic rings. The molecule has 0 bridgehead atoms. The molecular formula is C23H23NO9. The van der Waals surface area contributed by atoms with Gasteiger partial charge in [0.25, 0.3) is 0 Å². The van der Waals surface area contributed by atoms with E-state index in [1.807, 2.05) is 11.9 Å². The van der Waals surface area contributed by atoms with E-state index in [9.17, 15) is 14.7 Å². The Balaban J connectivity index is 1.75. The van der Waals surface area contributed by atoms with Crippen molar-refractivity contribution in [1.82, 2.24) is 4.90 Å². The summed E-state index contributed by atoms with van der Waals surface area (Å²) in [5.41, 5.74) is 2.15. The molecule has 2 aromatic carbocycles. The standard InChI is InChI=1S/C23H23NO9/c1-24-8-7-10-13(19(30-4)21-20(31-9-32-21)14(10)22(25)26)16(24)17-11-5-6-12(28-2)18(29-3)15(11)23(27)33-17/h5-6,16-17H,7-9H2,1-4H3,(H,25,26)/t16-,17+/m1/s1. The van der Waals surface area contributed by atoms with Gasteiger partial charge in [-0.1, -0.05) is 6.07 Å². The molecule has 10 nitrogen and oxygen atoms in total. The molecular weight excluding hydrogens is 434 g/mol. The minimum atomic E-state index is -1.12. The minimum Gasteiger partial charge on any atom is -0.493 e. The molecule has 0 amide bonds. The van der Waals surface area contributed by atoms with Gasteiger partial charge in [-0.3, -0.25) is 4.90 Å². The van der Waals surface area contributed by atoms with E-state index in [0.717, 1.165) is 0 Å². The Morgan fingerprint density at radius 1 is 1.09 bits per heavy atom. The van der Waals surface area contributed by atoms with E-state index >= 15 is 0 Å². The molecule has 2 aromatic rings. The number of hydrogen-bond acceptors (Lipinski definition) is 9.